The molecule has 0 aliphatic carbocycles. The van der Waals surface area contributed by atoms with E-state index in [1.54, 1.807) is 0 Å². The predicted octanol–water partition coefficient (Wildman–Crippen LogP) is -4.42. The number of nitrogens with one attached hydrogen (secondary N) is 5. The van der Waals surface area contributed by atoms with E-state index in [0.29, 0.717) is 0 Å². The van der Waals surface area contributed by atoms with Gasteiger partial charge in [-0.1, -0.05) is 0 Å². The highest BCUT2D eigenvalue weighted by Crippen LogP contribution is 1.73. The summed E-state index contributed by atoms with van der Waals surface area (Å²) in [6.07, 6.45) is 0. The fourth-order valence-corrected chi connectivity index (χ4v) is 1.21. The molecular weight excluding hydrogens is 270 g/mol. The minimum atomic E-state index is -0.556. The molecule has 1 saturated heterocycles. The molecule has 10 nitrogen and oxygen atoms in total. The Bertz CT molecular complexity index is 313. The summed E-state index contributed by atoms with van der Waals surface area (Å²) in [5.74, 6) is -2.78. The van der Waals surface area contributed by atoms with Crippen LogP contribution in [-0.2, 0) is 24.0 Å². The van der Waals surface area contributed by atoms with Crippen LogP contribution in [0, 0.1) is 0 Å². The monoisotopic (exact) mass is 285 g/mol. The molecule has 0 radical (unpaired) electrons. The van der Waals surface area contributed by atoms with E-state index in [9.17, 15) is 24.0 Å². The average molecular weight is 285 g/mol. The quantitative estimate of drug-likeness (QED) is 0.305. The third kappa shape index (κ3) is 6.33. The molecule has 1 fully saturated rings. The van der Waals surface area contributed by atoms with Gasteiger partial charge in [-0.15, -0.1) is 0 Å². The molecule has 0 atom stereocenters. The van der Waals surface area contributed by atoms with E-state index < -0.39 is 29.5 Å². The smallest absolute Gasteiger partial charge is 0.239 e. The molecule has 5 amide bonds. The molecule has 0 aromatic carbocycles. The van der Waals surface area contributed by atoms with E-state index in [4.69, 9.17) is 0 Å². The zero-order valence-corrected chi connectivity index (χ0v) is 10.6. The van der Waals surface area contributed by atoms with Crippen molar-refractivity contribution < 1.29 is 24.0 Å². The van der Waals surface area contributed by atoms with Crippen LogP contribution in [-0.4, -0.2) is 62.3 Å². The third-order valence-corrected chi connectivity index (χ3v) is 2.23. The Hall–Kier alpha value is -2.65. The Morgan fingerprint density at radius 3 is 0.700 bits per heavy atom. The highest BCUT2D eigenvalue weighted by atomic mass is 16.2. The second kappa shape index (κ2) is 7.71. The topological polar surface area (TPSA) is 146 Å². The van der Waals surface area contributed by atoms with Crippen LogP contribution in [0.15, 0.2) is 0 Å². The molecular formula is C10H15N5O5. The van der Waals surface area contributed by atoms with Crippen molar-refractivity contribution in [1.29, 1.82) is 0 Å². The van der Waals surface area contributed by atoms with Crippen LogP contribution in [0.3, 0.4) is 0 Å². The van der Waals surface area contributed by atoms with E-state index in [0.717, 1.165) is 0 Å². The summed E-state index contributed by atoms with van der Waals surface area (Å²) >= 11 is 0. The van der Waals surface area contributed by atoms with Crippen molar-refractivity contribution in [3.63, 3.8) is 0 Å². The zero-order chi connectivity index (χ0) is 15.0. The first kappa shape index (κ1) is 15.4. The van der Waals surface area contributed by atoms with Crippen molar-refractivity contribution in [3.8, 4) is 0 Å². The second-order valence-electron chi connectivity index (χ2n) is 3.88. The molecule has 20 heavy (non-hydrogen) atoms. The average Bonchev–Trinajstić information content (AvgIpc) is 2.43. The molecule has 1 aliphatic heterocycles. The van der Waals surface area contributed by atoms with E-state index in [1.165, 1.54) is 0 Å². The molecule has 0 aromatic rings. The van der Waals surface area contributed by atoms with Crippen molar-refractivity contribution in [2.45, 2.75) is 0 Å². The Balaban J connectivity index is 2.56. The van der Waals surface area contributed by atoms with Gasteiger partial charge < -0.3 is 26.6 Å². The Kier molecular flexibility index (Phi) is 5.94. The van der Waals surface area contributed by atoms with Crippen molar-refractivity contribution in [1.82, 2.24) is 26.6 Å². The number of hydrogen-bond donors (Lipinski definition) is 5. The van der Waals surface area contributed by atoms with Crippen LogP contribution in [0.25, 0.3) is 0 Å². The highest BCUT2D eigenvalue weighted by Gasteiger charge is 2.12. The maximum Gasteiger partial charge on any atom is 0.239 e. The van der Waals surface area contributed by atoms with Crippen LogP contribution in [0.5, 0.6) is 0 Å². The SMILES string of the molecule is O=C1CNC(=O)CNC(=O)CNC(=O)CNC(=O)CN1. The van der Waals surface area contributed by atoms with Gasteiger partial charge in [0.15, 0.2) is 0 Å². The Morgan fingerprint density at radius 1 is 0.400 bits per heavy atom. The molecule has 0 unspecified atom stereocenters. The lowest BCUT2D eigenvalue weighted by Gasteiger charge is -2.06. The van der Waals surface area contributed by atoms with Crippen LogP contribution >= 0.6 is 0 Å². The normalized spacial score (nSPS) is 19.5. The summed E-state index contributed by atoms with van der Waals surface area (Å²) in [5, 5.41) is 11.3. The number of amides is 5. The lowest BCUT2D eigenvalue weighted by molar-refractivity contribution is -0.128. The number of hydrogen-bond acceptors (Lipinski definition) is 5. The molecule has 0 aromatic heterocycles. The molecule has 10 heteroatoms. The van der Waals surface area contributed by atoms with E-state index >= 15 is 0 Å². The van der Waals surface area contributed by atoms with Crippen molar-refractivity contribution in [2.24, 2.45) is 0 Å². The van der Waals surface area contributed by atoms with Crippen LogP contribution in [0.4, 0.5) is 0 Å². The van der Waals surface area contributed by atoms with Gasteiger partial charge in [0.05, 0.1) is 32.7 Å². The Morgan fingerprint density at radius 2 is 0.550 bits per heavy atom. The van der Waals surface area contributed by atoms with Crippen molar-refractivity contribution in [3.05, 3.63) is 0 Å². The van der Waals surface area contributed by atoms with Crippen LogP contribution in [0.2, 0.25) is 0 Å². The first-order valence-corrected chi connectivity index (χ1v) is 5.81. The summed E-state index contributed by atoms with van der Waals surface area (Å²) < 4.78 is 0. The van der Waals surface area contributed by atoms with Gasteiger partial charge in [-0.05, 0) is 0 Å². The number of rotatable bonds is 0. The van der Waals surface area contributed by atoms with Crippen LogP contribution < -0.4 is 26.6 Å². The minimum absolute atomic E-state index is 0.306. The van der Waals surface area contributed by atoms with Crippen molar-refractivity contribution >= 4 is 29.5 Å². The van der Waals surface area contributed by atoms with Gasteiger partial charge in [-0.2, -0.15) is 0 Å². The molecule has 0 bridgehead atoms. The standard InChI is InChI=1S/C10H15N5O5/c16-6-1-11-7(17)2-13-9(19)4-15-10(20)5-14-8(18)3-12-6/h1-5H2,(H,11,17)(H,12,16)(H,13,19)(H,14,18)(H,15,20). The largest absolute Gasteiger partial charge is 0.346 e. The van der Waals surface area contributed by atoms with Gasteiger partial charge in [-0.3, -0.25) is 24.0 Å². The summed E-state index contributed by atoms with van der Waals surface area (Å²) in [4.78, 5) is 56.3. The maximum absolute atomic E-state index is 11.3. The van der Waals surface area contributed by atoms with Gasteiger partial charge in [0.2, 0.25) is 29.5 Å². The van der Waals surface area contributed by atoms with Gasteiger partial charge >= 0.3 is 0 Å². The predicted molar refractivity (Wildman–Crippen MR) is 65.0 cm³/mol. The van der Waals surface area contributed by atoms with Gasteiger partial charge in [-0.25, -0.2) is 0 Å². The molecule has 1 heterocycles. The Labute approximate surface area is 114 Å². The molecule has 0 saturated carbocycles. The lowest BCUT2D eigenvalue weighted by Crippen LogP contribution is -2.44. The number of carbonyl (C=O) groups is 5. The lowest BCUT2D eigenvalue weighted by atomic mass is 10.4. The maximum atomic E-state index is 11.3. The van der Waals surface area contributed by atoms with Gasteiger partial charge in [0, 0.05) is 0 Å². The van der Waals surface area contributed by atoms with E-state index in [2.05, 4.69) is 26.6 Å². The fourth-order valence-electron chi connectivity index (χ4n) is 1.21. The second-order valence-corrected chi connectivity index (χ2v) is 3.88. The highest BCUT2D eigenvalue weighted by molar-refractivity contribution is 5.93. The van der Waals surface area contributed by atoms with Gasteiger partial charge in [0.1, 0.15) is 0 Å². The zero-order valence-electron chi connectivity index (χ0n) is 10.6. The summed E-state index contributed by atoms with van der Waals surface area (Å²) in [6.45, 7) is -1.53. The van der Waals surface area contributed by atoms with E-state index in [-0.39, 0.29) is 32.7 Å². The van der Waals surface area contributed by atoms with Crippen molar-refractivity contribution in [2.75, 3.05) is 32.7 Å². The third-order valence-electron chi connectivity index (χ3n) is 2.23. The molecule has 5 N–H and O–H groups in total. The van der Waals surface area contributed by atoms with Crippen LogP contribution in [0.1, 0.15) is 0 Å². The first-order valence-electron chi connectivity index (χ1n) is 5.81. The van der Waals surface area contributed by atoms with Gasteiger partial charge in [0.25, 0.3) is 0 Å². The molecule has 0 spiro atoms. The molecule has 1 rings (SSSR count). The van der Waals surface area contributed by atoms with E-state index in [1.807, 2.05) is 0 Å². The summed E-state index contributed by atoms with van der Waals surface area (Å²) in [5.41, 5.74) is 0. The molecule has 1 aliphatic rings. The number of carbonyl (C=O) groups excluding carboxylic acids is 5. The molecule has 110 valence electrons. The summed E-state index contributed by atoms with van der Waals surface area (Å²) in [7, 11) is 0. The first-order chi connectivity index (χ1) is 9.47. The minimum Gasteiger partial charge on any atom is -0.346 e. The fraction of sp³-hybridized carbons (Fsp3) is 0.500. The summed E-state index contributed by atoms with van der Waals surface area (Å²) in [6, 6.07) is 0.